The van der Waals surface area contributed by atoms with Crippen LogP contribution in [-0.2, 0) is 6.54 Å². The standard InChI is InChI=1S/C21H23FN4O2.C6H4/c1-21(2,3)12-13-25-16-10-6-7-11-17(16)26(15-9-5-4-8-14(15)22)20(28)18(24-23)19(25)27;1-2-5-4-6(5)3-1/h4-11H,12-13,23H2,1-3H3;1-4H. The molecule has 2 aliphatic carbocycles. The van der Waals surface area contributed by atoms with Gasteiger partial charge >= 0.3 is 0 Å². The molecule has 0 unspecified atom stereocenters. The predicted molar refractivity (Wildman–Crippen MR) is 133 cm³/mol. The van der Waals surface area contributed by atoms with Crippen molar-refractivity contribution in [3.63, 3.8) is 0 Å². The van der Waals surface area contributed by atoms with Gasteiger partial charge in [0.1, 0.15) is 5.82 Å². The summed E-state index contributed by atoms with van der Waals surface area (Å²) in [5, 5.41) is 3.03. The van der Waals surface area contributed by atoms with Crippen LogP contribution in [0, 0.1) is 11.2 Å². The van der Waals surface area contributed by atoms with E-state index in [1.54, 1.807) is 30.3 Å². The van der Waals surface area contributed by atoms with Crippen molar-refractivity contribution in [1.29, 1.82) is 0 Å². The van der Waals surface area contributed by atoms with Crippen LogP contribution in [0.25, 0.3) is 27.8 Å². The Hall–Kier alpha value is -4.00. The van der Waals surface area contributed by atoms with E-state index in [4.69, 9.17) is 5.84 Å². The number of nitrogens with two attached hydrogens (primary N) is 1. The van der Waals surface area contributed by atoms with E-state index in [-0.39, 0.29) is 11.1 Å². The van der Waals surface area contributed by atoms with Crippen LogP contribution in [-0.4, -0.2) is 9.13 Å². The van der Waals surface area contributed by atoms with Crippen molar-refractivity contribution < 1.29 is 4.39 Å². The Morgan fingerprint density at radius 2 is 1.47 bits per heavy atom. The molecule has 0 bridgehead atoms. The van der Waals surface area contributed by atoms with E-state index < -0.39 is 22.3 Å². The van der Waals surface area contributed by atoms with Gasteiger partial charge < -0.3 is 10.4 Å². The molecule has 0 amide bonds. The average Bonchev–Trinajstić information content (AvgIpc) is 3.42. The maximum Gasteiger partial charge on any atom is 0.289 e. The van der Waals surface area contributed by atoms with Crippen LogP contribution < -0.4 is 22.3 Å². The van der Waals surface area contributed by atoms with Crippen LogP contribution in [0.2, 0.25) is 0 Å². The van der Waals surface area contributed by atoms with Gasteiger partial charge in [-0.3, -0.25) is 14.2 Å². The van der Waals surface area contributed by atoms with E-state index in [0.717, 1.165) is 4.57 Å². The summed E-state index contributed by atoms with van der Waals surface area (Å²) < 4.78 is 17.2. The molecule has 3 aromatic rings. The van der Waals surface area contributed by atoms with Gasteiger partial charge in [-0.05, 0) is 53.3 Å². The number of aromatic nitrogens is 2. The third-order valence-corrected chi connectivity index (χ3v) is 5.69. The molecule has 0 saturated carbocycles. The predicted octanol–water partition coefficient (Wildman–Crippen LogP) is 4.17. The number of halogens is 1. The second-order valence-electron chi connectivity index (χ2n) is 9.41. The lowest BCUT2D eigenvalue weighted by atomic mass is 9.92. The first-order valence-corrected chi connectivity index (χ1v) is 11.1. The summed E-state index contributed by atoms with van der Waals surface area (Å²) in [5.74, 6) is 4.82. The lowest BCUT2D eigenvalue weighted by Gasteiger charge is -2.19. The zero-order valence-corrected chi connectivity index (χ0v) is 19.5. The molecule has 1 heterocycles. The number of fused-ring (bicyclic) bond motifs is 2. The fraction of sp³-hybridized carbons (Fsp3) is 0.222. The summed E-state index contributed by atoms with van der Waals surface area (Å²) in [4.78, 5) is 26.3. The van der Waals surface area contributed by atoms with Crippen molar-refractivity contribution >= 4 is 11.0 Å². The number of rotatable bonds is 3. The number of para-hydroxylation sites is 3. The van der Waals surface area contributed by atoms with Crippen molar-refractivity contribution in [2.45, 2.75) is 33.7 Å². The van der Waals surface area contributed by atoms with E-state index in [0.29, 0.717) is 24.0 Å². The molecular weight excluding hydrogens is 431 g/mol. The van der Waals surface area contributed by atoms with Gasteiger partial charge in [0.25, 0.3) is 11.1 Å². The summed E-state index contributed by atoms with van der Waals surface area (Å²) >= 11 is 0. The Labute approximate surface area is 196 Å². The van der Waals surface area contributed by atoms with Gasteiger partial charge in [-0.1, -0.05) is 63.2 Å². The van der Waals surface area contributed by atoms with Gasteiger partial charge in [0.15, 0.2) is 0 Å². The molecule has 0 radical (unpaired) electrons. The SMILES string of the molecule is CC(C)(C)CCn1c(=O)c(=NN)c(=O)n(-c2ccccc2F)c2ccccc21.c1cc2cc-2c1. The molecule has 2 aliphatic rings. The summed E-state index contributed by atoms with van der Waals surface area (Å²) in [6, 6.07) is 21.3. The largest absolute Gasteiger partial charge is 0.322 e. The second kappa shape index (κ2) is 9.09. The molecule has 2 N–H and O–H groups in total. The Morgan fingerprint density at radius 1 is 0.853 bits per heavy atom. The van der Waals surface area contributed by atoms with E-state index in [9.17, 15) is 14.0 Å². The normalized spacial score (nSPS) is 12.3. The zero-order chi connectivity index (χ0) is 24.5. The number of hydrogen-bond donors (Lipinski definition) is 1. The highest BCUT2D eigenvalue weighted by Gasteiger charge is 2.17. The fourth-order valence-corrected chi connectivity index (χ4v) is 3.75. The van der Waals surface area contributed by atoms with E-state index in [1.165, 1.54) is 33.9 Å². The molecule has 7 heteroatoms. The van der Waals surface area contributed by atoms with Crippen LogP contribution in [0.4, 0.5) is 4.39 Å². The van der Waals surface area contributed by atoms with Crippen LogP contribution in [0.1, 0.15) is 27.2 Å². The van der Waals surface area contributed by atoms with Gasteiger partial charge in [-0.2, -0.15) is 5.10 Å². The van der Waals surface area contributed by atoms with Gasteiger partial charge in [-0.25, -0.2) is 4.39 Å². The van der Waals surface area contributed by atoms with Gasteiger partial charge in [0, 0.05) is 6.54 Å². The van der Waals surface area contributed by atoms with Crippen LogP contribution in [0.5, 0.6) is 0 Å². The molecule has 6 nitrogen and oxygen atoms in total. The highest BCUT2D eigenvalue weighted by molar-refractivity contribution is 5.80. The van der Waals surface area contributed by atoms with E-state index in [2.05, 4.69) is 50.1 Å². The summed E-state index contributed by atoms with van der Waals surface area (Å²) in [6.45, 7) is 6.57. The number of hydrogen-bond acceptors (Lipinski definition) is 4. The highest BCUT2D eigenvalue weighted by atomic mass is 19.1. The van der Waals surface area contributed by atoms with E-state index >= 15 is 0 Å². The van der Waals surface area contributed by atoms with Crippen molar-refractivity contribution in [2.24, 2.45) is 16.4 Å². The summed E-state index contributed by atoms with van der Waals surface area (Å²) in [5.41, 5.74) is 2.41. The molecule has 0 spiro atoms. The second-order valence-corrected chi connectivity index (χ2v) is 9.41. The fourth-order valence-electron chi connectivity index (χ4n) is 3.75. The van der Waals surface area contributed by atoms with Crippen molar-refractivity contribution in [2.75, 3.05) is 0 Å². The average molecular weight is 459 g/mol. The first kappa shape index (κ1) is 23.2. The molecule has 0 fully saturated rings. The lowest BCUT2D eigenvalue weighted by Crippen LogP contribution is -2.45. The number of nitrogens with zero attached hydrogens (tertiary/aromatic N) is 3. The molecule has 0 aliphatic heterocycles. The Bertz CT molecular complexity index is 1550. The molecule has 1 aromatic heterocycles. The van der Waals surface area contributed by atoms with Crippen LogP contribution >= 0.6 is 0 Å². The van der Waals surface area contributed by atoms with Gasteiger partial charge in [0.05, 0.1) is 16.7 Å². The topological polar surface area (TPSA) is 82.4 Å². The molecule has 0 atom stereocenters. The smallest absolute Gasteiger partial charge is 0.289 e. The third kappa shape index (κ3) is 4.69. The number of benzene rings is 3. The van der Waals surface area contributed by atoms with Crippen LogP contribution in [0.3, 0.4) is 0 Å². The van der Waals surface area contributed by atoms with E-state index in [1.807, 2.05) is 0 Å². The van der Waals surface area contributed by atoms with Gasteiger partial charge in [0.2, 0.25) is 5.36 Å². The molecule has 2 aromatic carbocycles. The first-order valence-electron chi connectivity index (χ1n) is 11.1. The minimum Gasteiger partial charge on any atom is -0.322 e. The van der Waals surface area contributed by atoms with Crippen LogP contribution in [0.15, 0.2) is 87.5 Å². The summed E-state index contributed by atoms with van der Waals surface area (Å²) in [6.07, 6.45) is 0.693. The Kier molecular flexibility index (Phi) is 6.20. The third-order valence-electron chi connectivity index (χ3n) is 5.69. The monoisotopic (exact) mass is 458 g/mol. The summed E-state index contributed by atoms with van der Waals surface area (Å²) in [7, 11) is 0. The minimum atomic E-state index is -0.761. The quantitative estimate of drug-likeness (QED) is 0.325. The highest BCUT2D eigenvalue weighted by Crippen LogP contribution is 2.32. The molecular formula is C27H27FN4O2. The minimum absolute atomic E-state index is 0.0310. The van der Waals surface area contributed by atoms with Crippen molar-refractivity contribution in [3.8, 4) is 16.8 Å². The molecule has 174 valence electrons. The zero-order valence-electron chi connectivity index (χ0n) is 19.5. The van der Waals surface area contributed by atoms with Crippen molar-refractivity contribution in [3.05, 3.63) is 105 Å². The first-order chi connectivity index (χ1) is 16.2. The molecule has 34 heavy (non-hydrogen) atoms. The maximum atomic E-state index is 14.5. The van der Waals surface area contributed by atoms with Gasteiger partial charge in [-0.15, -0.1) is 0 Å². The number of aryl methyl sites for hydroxylation is 1. The molecule has 5 rings (SSSR count). The maximum absolute atomic E-state index is 14.5. The Balaban J connectivity index is 0.000000388. The van der Waals surface area contributed by atoms with Crippen molar-refractivity contribution in [1.82, 2.24) is 9.13 Å². The Morgan fingerprint density at radius 3 is 2.00 bits per heavy atom. The lowest BCUT2D eigenvalue weighted by molar-refractivity contribution is 0.350. The molecule has 0 saturated heterocycles.